The number of nitrogens with zero attached hydrogens (tertiary/aromatic N) is 1. The number of carboxylic acid groups (broad SMARTS) is 1. The van der Waals surface area contributed by atoms with Crippen LogP contribution in [0.15, 0.2) is 47.5 Å². The summed E-state index contributed by atoms with van der Waals surface area (Å²) in [4.78, 5) is 27.9. The molecular formula is C16H11NO4. The van der Waals surface area contributed by atoms with E-state index in [1.54, 1.807) is 36.4 Å². The third-order valence-electron chi connectivity index (χ3n) is 3.36. The molecule has 0 unspecified atom stereocenters. The first-order chi connectivity index (χ1) is 10.1. The molecule has 2 aromatic carbocycles. The molecule has 3 rings (SSSR count). The number of carboxylic acids is 1. The molecule has 0 bridgehead atoms. The van der Waals surface area contributed by atoms with Crippen LogP contribution in [-0.2, 0) is 6.61 Å². The topological polar surface area (TPSA) is 87.0 Å². The van der Waals surface area contributed by atoms with Gasteiger partial charge in [0.1, 0.15) is 5.71 Å². The van der Waals surface area contributed by atoms with Gasteiger partial charge < -0.3 is 10.2 Å². The largest absolute Gasteiger partial charge is 0.478 e. The second-order valence-corrected chi connectivity index (χ2v) is 4.65. The molecule has 0 amide bonds. The third kappa shape index (κ3) is 2.13. The maximum absolute atomic E-state index is 12.4. The molecule has 1 heterocycles. The molecule has 5 heteroatoms. The van der Waals surface area contributed by atoms with Crippen molar-refractivity contribution in [2.24, 2.45) is 4.99 Å². The highest BCUT2D eigenvalue weighted by Gasteiger charge is 2.30. The van der Waals surface area contributed by atoms with Crippen LogP contribution in [0.25, 0.3) is 0 Å². The van der Waals surface area contributed by atoms with Crippen LogP contribution in [0.5, 0.6) is 0 Å². The first-order valence-corrected chi connectivity index (χ1v) is 6.31. The highest BCUT2D eigenvalue weighted by molar-refractivity contribution is 6.55. The van der Waals surface area contributed by atoms with Crippen LogP contribution in [0.4, 0.5) is 5.69 Å². The van der Waals surface area contributed by atoms with E-state index in [1.807, 2.05) is 0 Å². The van der Waals surface area contributed by atoms with Crippen LogP contribution in [-0.4, -0.2) is 27.7 Å². The van der Waals surface area contributed by atoms with Crippen LogP contribution in [0.2, 0.25) is 0 Å². The van der Waals surface area contributed by atoms with Crippen LogP contribution in [0, 0.1) is 0 Å². The van der Waals surface area contributed by atoms with E-state index in [4.69, 9.17) is 10.2 Å². The van der Waals surface area contributed by atoms with Crippen molar-refractivity contribution in [2.75, 3.05) is 0 Å². The van der Waals surface area contributed by atoms with Gasteiger partial charge >= 0.3 is 5.97 Å². The number of carbonyl (C=O) groups is 2. The minimum atomic E-state index is -1.15. The molecule has 5 nitrogen and oxygen atoms in total. The Kier molecular flexibility index (Phi) is 3.12. The van der Waals surface area contributed by atoms with Crippen LogP contribution in [0.3, 0.4) is 0 Å². The van der Waals surface area contributed by atoms with Gasteiger partial charge in [-0.15, -0.1) is 0 Å². The molecule has 21 heavy (non-hydrogen) atoms. The zero-order valence-electron chi connectivity index (χ0n) is 10.9. The molecule has 1 aliphatic rings. The predicted octanol–water partition coefficient (Wildman–Crippen LogP) is 2.19. The number of fused-ring (bicyclic) bond motifs is 1. The first-order valence-electron chi connectivity index (χ1n) is 6.31. The Hall–Kier alpha value is -2.79. The van der Waals surface area contributed by atoms with E-state index in [0.717, 1.165) is 5.56 Å². The van der Waals surface area contributed by atoms with Gasteiger partial charge in [0.05, 0.1) is 23.4 Å². The zero-order valence-corrected chi connectivity index (χ0v) is 10.9. The molecule has 104 valence electrons. The van der Waals surface area contributed by atoms with Crippen LogP contribution < -0.4 is 0 Å². The molecule has 0 atom stereocenters. The van der Waals surface area contributed by atoms with E-state index in [1.165, 1.54) is 6.07 Å². The lowest BCUT2D eigenvalue weighted by Gasteiger charge is -2.02. The Morgan fingerprint density at radius 1 is 1.10 bits per heavy atom. The van der Waals surface area contributed by atoms with Crippen molar-refractivity contribution in [1.29, 1.82) is 0 Å². The minimum absolute atomic E-state index is 0.0387. The lowest BCUT2D eigenvalue weighted by molar-refractivity contribution is 0.0693. The molecule has 0 aliphatic carbocycles. The van der Waals surface area contributed by atoms with Gasteiger partial charge in [0.15, 0.2) is 0 Å². The average Bonchev–Trinajstić information content (AvgIpc) is 2.84. The summed E-state index contributed by atoms with van der Waals surface area (Å²) < 4.78 is 0. The molecule has 2 N–H and O–H groups in total. The van der Waals surface area contributed by atoms with Gasteiger partial charge in [-0.05, 0) is 17.7 Å². The van der Waals surface area contributed by atoms with Crippen molar-refractivity contribution in [3.05, 3.63) is 64.7 Å². The lowest BCUT2D eigenvalue weighted by Crippen LogP contribution is -2.14. The van der Waals surface area contributed by atoms with E-state index in [9.17, 15) is 9.59 Å². The van der Waals surface area contributed by atoms with Crippen LogP contribution in [0.1, 0.15) is 31.8 Å². The van der Waals surface area contributed by atoms with Crippen molar-refractivity contribution in [3.8, 4) is 0 Å². The van der Waals surface area contributed by atoms with Crippen molar-refractivity contribution in [2.45, 2.75) is 6.61 Å². The smallest absolute Gasteiger partial charge is 0.336 e. The molecule has 0 aromatic heterocycles. The normalized spacial score (nSPS) is 13.0. The highest BCUT2D eigenvalue weighted by atomic mass is 16.4. The van der Waals surface area contributed by atoms with Gasteiger partial charge in [-0.25, -0.2) is 9.79 Å². The fourth-order valence-corrected chi connectivity index (χ4v) is 2.30. The number of hydrogen-bond acceptors (Lipinski definition) is 4. The zero-order chi connectivity index (χ0) is 15.0. The van der Waals surface area contributed by atoms with Crippen molar-refractivity contribution in [3.63, 3.8) is 0 Å². The summed E-state index contributed by atoms with van der Waals surface area (Å²) in [7, 11) is 0. The van der Waals surface area contributed by atoms with Gasteiger partial charge in [-0.2, -0.15) is 0 Å². The third-order valence-corrected chi connectivity index (χ3v) is 3.36. The van der Waals surface area contributed by atoms with E-state index >= 15 is 0 Å². The number of hydrogen-bond donors (Lipinski definition) is 2. The number of aliphatic imine (C=N–C) groups is 1. The summed E-state index contributed by atoms with van der Waals surface area (Å²) in [5, 5.41) is 18.2. The lowest BCUT2D eigenvalue weighted by atomic mass is 9.98. The van der Waals surface area contributed by atoms with Crippen molar-refractivity contribution >= 4 is 23.2 Å². The molecule has 0 fully saturated rings. The molecule has 1 aliphatic heterocycles. The van der Waals surface area contributed by atoms with Crippen LogP contribution >= 0.6 is 0 Å². The second kappa shape index (κ2) is 4.96. The predicted molar refractivity (Wildman–Crippen MR) is 76.3 cm³/mol. The van der Waals surface area contributed by atoms with E-state index in [-0.39, 0.29) is 29.2 Å². The summed E-state index contributed by atoms with van der Waals surface area (Å²) in [6.07, 6.45) is 0. The SMILES string of the molecule is O=C(O)c1cccc2c1C(=O)C(c1ccc(CO)cc1)=N2. The van der Waals surface area contributed by atoms with E-state index < -0.39 is 5.97 Å². The van der Waals surface area contributed by atoms with E-state index in [2.05, 4.69) is 4.99 Å². The highest BCUT2D eigenvalue weighted by Crippen LogP contribution is 2.31. The summed E-state index contributed by atoms with van der Waals surface area (Å²) in [5.74, 6) is -1.54. The second-order valence-electron chi connectivity index (χ2n) is 4.65. The Bertz CT molecular complexity index is 775. The molecule has 2 aromatic rings. The average molecular weight is 281 g/mol. The molecular weight excluding hydrogens is 270 g/mol. The Labute approximate surface area is 120 Å². The number of aliphatic hydroxyl groups excluding tert-OH is 1. The monoisotopic (exact) mass is 281 g/mol. The first kappa shape index (κ1) is 13.2. The number of benzene rings is 2. The van der Waals surface area contributed by atoms with Crippen molar-refractivity contribution in [1.82, 2.24) is 0 Å². The number of aromatic carboxylic acids is 1. The quantitative estimate of drug-likeness (QED) is 0.902. The Balaban J connectivity index is 2.06. The number of carbonyl (C=O) groups excluding carboxylic acids is 1. The Morgan fingerprint density at radius 3 is 2.43 bits per heavy atom. The summed E-state index contributed by atoms with van der Waals surface area (Å²) in [6.45, 7) is -0.0793. The van der Waals surface area contributed by atoms with Gasteiger partial charge in [0.25, 0.3) is 0 Å². The maximum Gasteiger partial charge on any atom is 0.336 e. The molecule has 0 radical (unpaired) electrons. The van der Waals surface area contributed by atoms with Gasteiger partial charge in [0, 0.05) is 5.56 Å². The molecule has 0 saturated heterocycles. The van der Waals surface area contributed by atoms with Crippen molar-refractivity contribution < 1.29 is 19.8 Å². The Morgan fingerprint density at radius 2 is 1.81 bits per heavy atom. The van der Waals surface area contributed by atoms with E-state index in [0.29, 0.717) is 11.3 Å². The number of rotatable bonds is 3. The summed E-state index contributed by atoms with van der Waals surface area (Å²) >= 11 is 0. The number of ketones is 1. The number of aliphatic hydroxyl groups is 1. The number of Topliss-reactive ketones (excluding diaryl/α,β-unsaturated/α-hetero) is 1. The fourth-order valence-electron chi connectivity index (χ4n) is 2.30. The van der Waals surface area contributed by atoms with Gasteiger partial charge in [-0.3, -0.25) is 4.79 Å². The van der Waals surface area contributed by atoms with Gasteiger partial charge in [0.2, 0.25) is 5.78 Å². The standard InChI is InChI=1S/C16H11NO4/c18-8-9-4-6-10(7-5-9)14-15(19)13-11(16(20)21)2-1-3-12(13)17-14/h1-7,18H,8H2,(H,20,21). The molecule has 0 saturated carbocycles. The molecule has 0 spiro atoms. The minimum Gasteiger partial charge on any atom is -0.478 e. The maximum atomic E-state index is 12.4. The fraction of sp³-hybridized carbons (Fsp3) is 0.0625. The summed E-state index contributed by atoms with van der Waals surface area (Å²) in [6, 6.07) is 11.4. The summed E-state index contributed by atoms with van der Waals surface area (Å²) in [5.41, 5.74) is 2.03. The van der Waals surface area contributed by atoms with Gasteiger partial charge in [-0.1, -0.05) is 30.3 Å².